The summed E-state index contributed by atoms with van der Waals surface area (Å²) in [6.07, 6.45) is 6.37. The first-order chi connectivity index (χ1) is 7.54. The van der Waals surface area contributed by atoms with Gasteiger partial charge in [0.05, 0.1) is 6.61 Å². The Morgan fingerprint density at radius 3 is 2.62 bits per heavy atom. The third-order valence-electron chi connectivity index (χ3n) is 5.22. The summed E-state index contributed by atoms with van der Waals surface area (Å²) in [5.41, 5.74) is 0.256. The molecule has 1 aliphatic heterocycles. The van der Waals surface area contributed by atoms with Gasteiger partial charge in [-0.05, 0) is 50.9 Å². The third kappa shape index (κ3) is 1.70. The number of methoxy groups -OCH3 is 1. The molecule has 1 aliphatic carbocycles. The Hall–Kier alpha value is -0.0800. The van der Waals surface area contributed by atoms with Gasteiger partial charge in [0.15, 0.2) is 5.79 Å². The second-order valence-corrected chi connectivity index (χ2v) is 6.04. The van der Waals surface area contributed by atoms with Crippen molar-refractivity contribution in [3.05, 3.63) is 0 Å². The molecule has 1 unspecified atom stereocenters. The van der Waals surface area contributed by atoms with Crippen LogP contribution in [0, 0.1) is 17.3 Å². The lowest BCUT2D eigenvalue weighted by molar-refractivity contribution is -0.319. The van der Waals surface area contributed by atoms with Crippen LogP contribution in [0.25, 0.3) is 0 Å². The molecule has 0 amide bonds. The van der Waals surface area contributed by atoms with Crippen molar-refractivity contribution < 1.29 is 9.47 Å². The van der Waals surface area contributed by atoms with Crippen LogP contribution in [0.5, 0.6) is 0 Å². The summed E-state index contributed by atoms with van der Waals surface area (Å²) in [5, 5.41) is 0. The Kier molecular flexibility index (Phi) is 3.33. The highest BCUT2D eigenvalue weighted by Gasteiger charge is 2.55. The molecule has 1 saturated carbocycles. The van der Waals surface area contributed by atoms with Crippen molar-refractivity contribution in [2.24, 2.45) is 17.3 Å². The number of rotatable bonds is 1. The fourth-order valence-electron chi connectivity index (χ4n) is 4.03. The molecule has 16 heavy (non-hydrogen) atoms. The highest BCUT2D eigenvalue weighted by molar-refractivity contribution is 5.00. The van der Waals surface area contributed by atoms with Crippen molar-refractivity contribution >= 4 is 0 Å². The van der Waals surface area contributed by atoms with Gasteiger partial charge in [0, 0.05) is 12.5 Å². The smallest absolute Gasteiger partial charge is 0.170 e. The molecule has 1 saturated heterocycles. The van der Waals surface area contributed by atoms with Crippen LogP contribution in [0.2, 0.25) is 0 Å². The fourth-order valence-corrected chi connectivity index (χ4v) is 4.03. The quantitative estimate of drug-likeness (QED) is 0.680. The van der Waals surface area contributed by atoms with Crippen LogP contribution >= 0.6 is 0 Å². The Labute approximate surface area is 99.7 Å². The summed E-state index contributed by atoms with van der Waals surface area (Å²) in [6.45, 7) is 7.77. The van der Waals surface area contributed by atoms with Crippen LogP contribution in [0.15, 0.2) is 0 Å². The first-order valence-electron chi connectivity index (χ1n) is 6.73. The molecule has 0 radical (unpaired) electrons. The van der Waals surface area contributed by atoms with Gasteiger partial charge >= 0.3 is 0 Å². The van der Waals surface area contributed by atoms with E-state index in [1.807, 2.05) is 0 Å². The highest BCUT2D eigenvalue weighted by atomic mass is 16.7. The average Bonchev–Trinajstić information content (AvgIpc) is 2.27. The molecule has 2 heteroatoms. The maximum absolute atomic E-state index is 5.99. The standard InChI is InChI=1S/C14H26O2/c1-11-6-8-14(12(2)10-11)7-5-9-16-13(14,3)15-4/h11-12H,5-10H2,1-4H3/t11?,12-,13-,14-/m0/s1. The Bertz CT molecular complexity index is 253. The molecule has 0 aromatic carbocycles. The monoisotopic (exact) mass is 226 g/mol. The summed E-state index contributed by atoms with van der Waals surface area (Å²) in [6, 6.07) is 0. The predicted octanol–water partition coefficient (Wildman–Crippen LogP) is 3.60. The third-order valence-corrected chi connectivity index (χ3v) is 5.22. The molecule has 2 aliphatic rings. The van der Waals surface area contributed by atoms with Gasteiger partial charge in [-0.3, -0.25) is 0 Å². The average molecular weight is 226 g/mol. The molecule has 0 aromatic rings. The van der Waals surface area contributed by atoms with E-state index < -0.39 is 0 Å². The molecule has 1 heterocycles. The maximum atomic E-state index is 5.99. The first-order valence-corrected chi connectivity index (χ1v) is 6.73. The SMILES string of the molecule is CO[C@@]1(C)OCCC[C@@]12CCC(C)C[C@@H]2C. The fraction of sp³-hybridized carbons (Fsp3) is 1.00. The molecular weight excluding hydrogens is 200 g/mol. The summed E-state index contributed by atoms with van der Waals surface area (Å²) in [5.74, 6) is 1.22. The zero-order valence-corrected chi connectivity index (χ0v) is 11.2. The van der Waals surface area contributed by atoms with Crippen molar-refractivity contribution in [1.82, 2.24) is 0 Å². The van der Waals surface area contributed by atoms with Crippen LogP contribution in [-0.2, 0) is 9.47 Å². The molecular formula is C14H26O2. The molecule has 94 valence electrons. The van der Waals surface area contributed by atoms with E-state index in [1.165, 1.54) is 32.1 Å². The number of hydrogen-bond acceptors (Lipinski definition) is 2. The zero-order valence-electron chi connectivity index (χ0n) is 11.2. The van der Waals surface area contributed by atoms with Gasteiger partial charge in [-0.25, -0.2) is 0 Å². The lowest BCUT2D eigenvalue weighted by Crippen LogP contribution is -2.57. The summed E-state index contributed by atoms with van der Waals surface area (Å²) < 4.78 is 11.7. The first kappa shape index (κ1) is 12.4. The van der Waals surface area contributed by atoms with Gasteiger partial charge in [-0.2, -0.15) is 0 Å². The molecule has 2 fully saturated rings. The van der Waals surface area contributed by atoms with E-state index in [1.54, 1.807) is 7.11 Å². The topological polar surface area (TPSA) is 18.5 Å². The van der Waals surface area contributed by atoms with Gasteiger partial charge in [-0.1, -0.05) is 13.8 Å². The minimum atomic E-state index is -0.356. The predicted molar refractivity (Wildman–Crippen MR) is 65.2 cm³/mol. The van der Waals surface area contributed by atoms with E-state index in [0.717, 1.165) is 12.5 Å². The van der Waals surface area contributed by atoms with Crippen molar-refractivity contribution in [1.29, 1.82) is 0 Å². The molecule has 0 aromatic heterocycles. The van der Waals surface area contributed by atoms with Gasteiger partial charge in [0.25, 0.3) is 0 Å². The van der Waals surface area contributed by atoms with E-state index in [4.69, 9.17) is 9.47 Å². The Morgan fingerprint density at radius 1 is 1.25 bits per heavy atom. The Morgan fingerprint density at radius 2 is 2.00 bits per heavy atom. The van der Waals surface area contributed by atoms with Crippen LogP contribution in [0.4, 0.5) is 0 Å². The Balaban J connectivity index is 2.26. The summed E-state index contributed by atoms with van der Waals surface area (Å²) in [4.78, 5) is 0. The highest BCUT2D eigenvalue weighted by Crippen LogP contribution is 2.56. The lowest BCUT2D eigenvalue weighted by Gasteiger charge is -2.56. The zero-order chi connectivity index (χ0) is 11.8. The van der Waals surface area contributed by atoms with E-state index in [-0.39, 0.29) is 11.2 Å². The molecule has 2 nitrogen and oxygen atoms in total. The van der Waals surface area contributed by atoms with Crippen LogP contribution in [0.3, 0.4) is 0 Å². The van der Waals surface area contributed by atoms with Gasteiger partial charge in [-0.15, -0.1) is 0 Å². The molecule has 1 spiro atoms. The van der Waals surface area contributed by atoms with Gasteiger partial charge in [0.1, 0.15) is 0 Å². The van der Waals surface area contributed by atoms with Crippen molar-refractivity contribution in [3.63, 3.8) is 0 Å². The van der Waals surface area contributed by atoms with Gasteiger partial charge in [0.2, 0.25) is 0 Å². The molecule has 0 bridgehead atoms. The van der Waals surface area contributed by atoms with Crippen molar-refractivity contribution in [2.75, 3.05) is 13.7 Å². The molecule has 2 rings (SSSR count). The van der Waals surface area contributed by atoms with Crippen LogP contribution in [-0.4, -0.2) is 19.5 Å². The molecule has 0 N–H and O–H groups in total. The van der Waals surface area contributed by atoms with Gasteiger partial charge < -0.3 is 9.47 Å². The van der Waals surface area contributed by atoms with Crippen LogP contribution < -0.4 is 0 Å². The van der Waals surface area contributed by atoms with E-state index in [0.29, 0.717) is 5.92 Å². The largest absolute Gasteiger partial charge is 0.353 e. The maximum Gasteiger partial charge on any atom is 0.170 e. The number of ether oxygens (including phenoxy) is 2. The van der Waals surface area contributed by atoms with E-state index in [9.17, 15) is 0 Å². The van der Waals surface area contributed by atoms with E-state index >= 15 is 0 Å². The minimum Gasteiger partial charge on any atom is -0.353 e. The molecule has 4 atom stereocenters. The lowest BCUT2D eigenvalue weighted by atomic mass is 9.57. The second-order valence-electron chi connectivity index (χ2n) is 6.04. The second kappa shape index (κ2) is 4.30. The van der Waals surface area contributed by atoms with Crippen molar-refractivity contribution in [3.8, 4) is 0 Å². The van der Waals surface area contributed by atoms with Crippen LogP contribution in [0.1, 0.15) is 52.9 Å². The summed E-state index contributed by atoms with van der Waals surface area (Å²) >= 11 is 0. The minimum absolute atomic E-state index is 0.256. The van der Waals surface area contributed by atoms with Crippen molar-refractivity contribution in [2.45, 2.75) is 58.7 Å². The normalized spacial score (nSPS) is 49.5. The number of hydrogen-bond donors (Lipinski definition) is 0. The summed E-state index contributed by atoms with van der Waals surface area (Å²) in [7, 11) is 1.80. The van der Waals surface area contributed by atoms with E-state index in [2.05, 4.69) is 20.8 Å².